The molecule has 4 rings (SSSR count). The van der Waals surface area contributed by atoms with Crippen molar-refractivity contribution >= 4 is 29.1 Å². The molecule has 0 fully saturated rings. The second kappa shape index (κ2) is 7.90. The van der Waals surface area contributed by atoms with Gasteiger partial charge in [0, 0.05) is 40.6 Å². The first-order chi connectivity index (χ1) is 13.7. The van der Waals surface area contributed by atoms with Crippen LogP contribution in [0.4, 0.5) is 0 Å². The zero-order valence-electron chi connectivity index (χ0n) is 15.8. The number of thiazole rings is 1. The fourth-order valence-corrected chi connectivity index (χ4v) is 4.43. The van der Waals surface area contributed by atoms with E-state index in [-0.39, 0.29) is 11.5 Å². The van der Waals surface area contributed by atoms with Crippen molar-refractivity contribution in [3.8, 4) is 10.4 Å². The summed E-state index contributed by atoms with van der Waals surface area (Å²) in [5, 5.41) is 1.90. The zero-order chi connectivity index (χ0) is 19.5. The van der Waals surface area contributed by atoms with Crippen LogP contribution in [0.2, 0.25) is 0 Å². The molecule has 1 aliphatic carbocycles. The van der Waals surface area contributed by atoms with Crippen molar-refractivity contribution in [2.24, 2.45) is 0 Å². The lowest BCUT2D eigenvalue weighted by Gasteiger charge is -2.21. The smallest absolute Gasteiger partial charge is 0.257 e. The number of pyridine rings is 2. The summed E-state index contributed by atoms with van der Waals surface area (Å²) in [7, 11) is 0. The highest BCUT2D eigenvalue weighted by Gasteiger charge is 2.21. The van der Waals surface area contributed by atoms with Crippen LogP contribution in [-0.4, -0.2) is 15.0 Å². The minimum absolute atomic E-state index is 0.0775. The van der Waals surface area contributed by atoms with Crippen molar-refractivity contribution in [1.29, 1.82) is 0 Å². The highest BCUT2D eigenvalue weighted by atomic mass is 32.1. The van der Waals surface area contributed by atoms with Crippen LogP contribution in [0.1, 0.15) is 37.3 Å². The number of aromatic amines is 1. The number of nitrogens with one attached hydrogen (secondary N) is 1. The SMILES string of the molecule is CC=c1[nH]c(=O)c(-c2cncs2)c(C2=CC=CC(c3cccnc3)C2)c1=CC. The van der Waals surface area contributed by atoms with E-state index in [1.54, 1.807) is 17.9 Å². The van der Waals surface area contributed by atoms with Gasteiger partial charge in [-0.05, 0) is 37.5 Å². The number of allylic oxidation sites excluding steroid dienone is 4. The zero-order valence-corrected chi connectivity index (χ0v) is 16.7. The van der Waals surface area contributed by atoms with Gasteiger partial charge in [0.2, 0.25) is 0 Å². The van der Waals surface area contributed by atoms with E-state index < -0.39 is 0 Å². The molecule has 1 unspecified atom stereocenters. The van der Waals surface area contributed by atoms with Crippen LogP contribution >= 0.6 is 11.3 Å². The van der Waals surface area contributed by atoms with Gasteiger partial charge < -0.3 is 4.98 Å². The van der Waals surface area contributed by atoms with Crippen LogP contribution in [0.25, 0.3) is 28.2 Å². The van der Waals surface area contributed by atoms with Gasteiger partial charge in [-0.25, -0.2) is 0 Å². The average Bonchev–Trinajstić information content (AvgIpc) is 3.28. The Kier molecular flexibility index (Phi) is 5.17. The van der Waals surface area contributed by atoms with Crippen LogP contribution in [0.5, 0.6) is 0 Å². The number of hydrogen-bond donors (Lipinski definition) is 1. The molecule has 1 aliphatic rings. The first-order valence-electron chi connectivity index (χ1n) is 9.28. The molecule has 0 aliphatic heterocycles. The van der Waals surface area contributed by atoms with Crippen molar-refractivity contribution in [2.45, 2.75) is 26.2 Å². The largest absolute Gasteiger partial charge is 0.322 e. The Balaban J connectivity index is 1.94. The minimum Gasteiger partial charge on any atom is -0.322 e. The summed E-state index contributed by atoms with van der Waals surface area (Å²) in [4.78, 5) is 25.4. The number of H-pyrrole nitrogens is 1. The number of hydrogen-bond acceptors (Lipinski definition) is 4. The molecule has 1 atom stereocenters. The molecule has 3 aromatic heterocycles. The molecule has 0 saturated heterocycles. The molecule has 0 aromatic carbocycles. The van der Waals surface area contributed by atoms with Crippen LogP contribution < -0.4 is 16.1 Å². The van der Waals surface area contributed by atoms with Crippen molar-refractivity contribution in [3.63, 3.8) is 0 Å². The fraction of sp³-hybridized carbons (Fsp3) is 0.174. The monoisotopic (exact) mass is 387 g/mol. The predicted octanol–water partition coefficient (Wildman–Crippen LogP) is 3.62. The Morgan fingerprint density at radius 2 is 2.07 bits per heavy atom. The average molecular weight is 388 g/mol. The normalized spacial score (nSPS) is 17.8. The van der Waals surface area contributed by atoms with Gasteiger partial charge in [0.1, 0.15) is 0 Å². The number of nitrogens with zero attached hydrogens (tertiary/aromatic N) is 2. The maximum atomic E-state index is 13.0. The van der Waals surface area contributed by atoms with E-state index in [4.69, 9.17) is 0 Å². The molecular weight excluding hydrogens is 366 g/mol. The molecule has 0 radical (unpaired) electrons. The third-order valence-electron chi connectivity index (χ3n) is 5.06. The summed E-state index contributed by atoms with van der Waals surface area (Å²) in [6, 6.07) is 4.07. The summed E-state index contributed by atoms with van der Waals surface area (Å²) in [5.41, 5.74) is 5.72. The Labute approximate surface area is 167 Å². The van der Waals surface area contributed by atoms with E-state index in [2.05, 4.69) is 45.3 Å². The van der Waals surface area contributed by atoms with Crippen molar-refractivity contribution in [1.82, 2.24) is 15.0 Å². The van der Waals surface area contributed by atoms with E-state index in [9.17, 15) is 4.79 Å². The van der Waals surface area contributed by atoms with Gasteiger partial charge in [-0.1, -0.05) is 36.4 Å². The van der Waals surface area contributed by atoms with Gasteiger partial charge >= 0.3 is 0 Å². The van der Waals surface area contributed by atoms with Crippen LogP contribution in [0, 0.1) is 0 Å². The van der Waals surface area contributed by atoms with E-state index >= 15 is 0 Å². The lowest BCUT2D eigenvalue weighted by molar-refractivity contribution is 0.858. The molecule has 1 N–H and O–H groups in total. The molecule has 28 heavy (non-hydrogen) atoms. The molecule has 140 valence electrons. The van der Waals surface area contributed by atoms with E-state index in [0.717, 1.165) is 33.0 Å². The summed E-state index contributed by atoms with van der Waals surface area (Å²) in [6.07, 6.45) is 16.7. The first kappa shape index (κ1) is 18.3. The van der Waals surface area contributed by atoms with Crippen LogP contribution in [0.15, 0.2) is 59.3 Å². The Bertz CT molecular complexity index is 1220. The molecule has 3 heterocycles. The first-order valence-corrected chi connectivity index (χ1v) is 10.2. The topological polar surface area (TPSA) is 58.6 Å². The molecule has 4 nitrogen and oxygen atoms in total. The molecule has 0 amide bonds. The van der Waals surface area contributed by atoms with E-state index in [1.807, 2.05) is 32.2 Å². The minimum atomic E-state index is -0.0775. The highest BCUT2D eigenvalue weighted by molar-refractivity contribution is 7.13. The standard InChI is InChI=1S/C23H21N3OS/c1-3-18-19(4-2)26-23(27)22(20-13-25-14-28-20)21(18)16-8-5-7-15(11-16)17-9-6-10-24-12-17/h3-10,12-15H,11H2,1-2H3,(H,26,27). The van der Waals surface area contributed by atoms with Gasteiger partial charge in [0.05, 0.1) is 16.0 Å². The Morgan fingerprint density at radius 1 is 1.18 bits per heavy atom. The number of rotatable bonds is 3. The molecule has 0 spiro atoms. The van der Waals surface area contributed by atoms with Gasteiger partial charge in [0.15, 0.2) is 0 Å². The Morgan fingerprint density at radius 3 is 2.75 bits per heavy atom. The maximum Gasteiger partial charge on any atom is 0.257 e. The summed E-state index contributed by atoms with van der Waals surface area (Å²) in [5.74, 6) is 0.237. The third-order valence-corrected chi connectivity index (χ3v) is 5.85. The molecule has 0 saturated carbocycles. The van der Waals surface area contributed by atoms with Gasteiger partial charge in [-0.2, -0.15) is 0 Å². The lowest BCUT2D eigenvalue weighted by atomic mass is 9.84. The summed E-state index contributed by atoms with van der Waals surface area (Å²) >= 11 is 1.49. The third kappa shape index (κ3) is 3.29. The van der Waals surface area contributed by atoms with Crippen molar-refractivity contribution in [3.05, 3.63) is 86.5 Å². The highest BCUT2D eigenvalue weighted by Crippen LogP contribution is 2.35. The molecule has 3 aromatic rings. The summed E-state index contributed by atoms with van der Waals surface area (Å²) in [6.45, 7) is 3.96. The predicted molar refractivity (Wildman–Crippen MR) is 116 cm³/mol. The molecule has 0 bridgehead atoms. The molecule has 5 heteroatoms. The Hall–Kier alpha value is -3.05. The van der Waals surface area contributed by atoms with Crippen LogP contribution in [-0.2, 0) is 0 Å². The lowest BCUT2D eigenvalue weighted by Crippen LogP contribution is -2.38. The van der Waals surface area contributed by atoms with E-state index in [1.165, 1.54) is 16.9 Å². The second-order valence-electron chi connectivity index (χ2n) is 6.65. The molecular formula is C23H21N3OS. The van der Waals surface area contributed by atoms with Gasteiger partial charge in [-0.3, -0.25) is 14.8 Å². The quantitative estimate of drug-likeness (QED) is 0.747. The van der Waals surface area contributed by atoms with Gasteiger partial charge in [0.25, 0.3) is 5.56 Å². The summed E-state index contributed by atoms with van der Waals surface area (Å²) < 4.78 is 0. The fourth-order valence-electron chi connectivity index (χ4n) is 3.76. The van der Waals surface area contributed by atoms with Gasteiger partial charge in [-0.15, -0.1) is 11.3 Å². The van der Waals surface area contributed by atoms with E-state index in [0.29, 0.717) is 5.56 Å². The van der Waals surface area contributed by atoms with Crippen molar-refractivity contribution in [2.75, 3.05) is 0 Å². The maximum absolute atomic E-state index is 13.0. The number of aromatic nitrogens is 3. The second-order valence-corrected chi connectivity index (χ2v) is 7.53. The van der Waals surface area contributed by atoms with Crippen molar-refractivity contribution < 1.29 is 0 Å². The van der Waals surface area contributed by atoms with Crippen LogP contribution in [0.3, 0.4) is 0 Å².